The lowest BCUT2D eigenvalue weighted by atomic mass is 10.3. The molecule has 0 radical (unpaired) electrons. The Bertz CT molecular complexity index is 713. The second-order valence-corrected chi connectivity index (χ2v) is 5.77. The predicted molar refractivity (Wildman–Crippen MR) is 65.3 cm³/mol. The van der Waals surface area contributed by atoms with Gasteiger partial charge in [0.25, 0.3) is 0 Å². The van der Waals surface area contributed by atoms with E-state index in [4.69, 9.17) is 15.4 Å². The molecule has 0 aliphatic carbocycles. The van der Waals surface area contributed by atoms with Gasteiger partial charge in [0.2, 0.25) is 9.84 Å². The van der Waals surface area contributed by atoms with E-state index < -0.39 is 9.84 Å². The number of fused-ring (bicyclic) bond motifs is 1. The summed E-state index contributed by atoms with van der Waals surface area (Å²) in [4.78, 5) is 3.91. The Morgan fingerprint density at radius 3 is 2.94 bits per heavy atom. The van der Waals surface area contributed by atoms with Gasteiger partial charge in [0.15, 0.2) is 5.58 Å². The largest absolute Gasteiger partial charge is 0.428 e. The van der Waals surface area contributed by atoms with E-state index in [1.165, 1.54) is 6.07 Å². The van der Waals surface area contributed by atoms with Crippen molar-refractivity contribution in [2.24, 2.45) is 0 Å². The monoisotopic (exact) mass is 265 g/mol. The van der Waals surface area contributed by atoms with Gasteiger partial charge < -0.3 is 10.2 Å². The number of unbranched alkanes of at least 4 members (excludes halogenated alkanes) is 1. The molecule has 0 aliphatic rings. The number of nitrogen functional groups attached to an aromatic ring is 1. The first kappa shape index (κ1) is 12.4. The van der Waals surface area contributed by atoms with Gasteiger partial charge in [0.05, 0.1) is 11.8 Å². The molecule has 1 heterocycles. The van der Waals surface area contributed by atoms with E-state index in [2.05, 4.69) is 4.98 Å². The maximum absolute atomic E-state index is 11.9. The van der Waals surface area contributed by atoms with Gasteiger partial charge in [-0.25, -0.2) is 8.42 Å². The molecule has 94 valence electrons. The summed E-state index contributed by atoms with van der Waals surface area (Å²) in [5.41, 5.74) is 6.83. The Balaban J connectivity index is 2.33. The topological polar surface area (TPSA) is 110 Å². The summed E-state index contributed by atoms with van der Waals surface area (Å²) in [5, 5.41) is 8.06. The summed E-state index contributed by atoms with van der Waals surface area (Å²) >= 11 is 0. The molecular weight excluding hydrogens is 254 g/mol. The third-order valence-electron chi connectivity index (χ3n) is 2.36. The number of benzene rings is 1. The summed E-state index contributed by atoms with van der Waals surface area (Å²) < 4.78 is 28.9. The number of nitrogens with zero attached hydrogens (tertiary/aromatic N) is 2. The zero-order valence-electron chi connectivity index (χ0n) is 9.46. The molecule has 18 heavy (non-hydrogen) atoms. The highest BCUT2D eigenvalue weighted by Crippen LogP contribution is 2.22. The normalized spacial score (nSPS) is 11.5. The lowest BCUT2D eigenvalue weighted by Gasteiger charge is -1.95. The first-order valence-electron chi connectivity index (χ1n) is 5.29. The molecule has 6 nitrogen and oxygen atoms in total. The van der Waals surface area contributed by atoms with Gasteiger partial charge in [-0.1, -0.05) is 0 Å². The second-order valence-electron chi connectivity index (χ2n) is 3.79. The van der Waals surface area contributed by atoms with Crippen molar-refractivity contribution in [3.63, 3.8) is 0 Å². The predicted octanol–water partition coefficient (Wildman–Crippen LogP) is 1.49. The van der Waals surface area contributed by atoms with Crippen LogP contribution in [0.5, 0.6) is 0 Å². The molecule has 1 aromatic carbocycles. The molecule has 0 saturated carbocycles. The van der Waals surface area contributed by atoms with E-state index in [0.717, 1.165) is 0 Å². The second kappa shape index (κ2) is 4.66. The maximum Gasteiger partial charge on any atom is 0.316 e. The van der Waals surface area contributed by atoms with Gasteiger partial charge in [-0.3, -0.25) is 0 Å². The number of hydrogen-bond donors (Lipinski definition) is 1. The van der Waals surface area contributed by atoms with Gasteiger partial charge in [-0.05, 0) is 18.6 Å². The summed E-state index contributed by atoms with van der Waals surface area (Å²) in [7, 11) is -3.58. The minimum absolute atomic E-state index is 0.150. The fourth-order valence-electron chi connectivity index (χ4n) is 1.48. The first-order chi connectivity index (χ1) is 8.53. The van der Waals surface area contributed by atoms with E-state index >= 15 is 0 Å². The van der Waals surface area contributed by atoms with Gasteiger partial charge in [0.1, 0.15) is 5.52 Å². The van der Waals surface area contributed by atoms with Crippen LogP contribution in [-0.4, -0.2) is 19.2 Å². The first-order valence-corrected chi connectivity index (χ1v) is 6.94. The van der Waals surface area contributed by atoms with Gasteiger partial charge in [-0.15, -0.1) is 0 Å². The Kier molecular flexibility index (Phi) is 3.21. The molecule has 0 aliphatic heterocycles. The minimum atomic E-state index is -3.58. The van der Waals surface area contributed by atoms with Crippen LogP contribution in [0.3, 0.4) is 0 Å². The molecule has 0 atom stereocenters. The highest BCUT2D eigenvalue weighted by Gasteiger charge is 2.21. The molecule has 2 N–H and O–H groups in total. The Morgan fingerprint density at radius 1 is 1.44 bits per heavy atom. The molecule has 7 heteroatoms. The number of aromatic nitrogens is 1. The van der Waals surface area contributed by atoms with Gasteiger partial charge in [-0.2, -0.15) is 10.2 Å². The third kappa shape index (κ3) is 2.43. The summed E-state index contributed by atoms with van der Waals surface area (Å²) in [6.07, 6.45) is 0.451. The van der Waals surface area contributed by atoms with Crippen LogP contribution in [0.1, 0.15) is 12.8 Å². The van der Waals surface area contributed by atoms with Crippen molar-refractivity contribution in [1.82, 2.24) is 4.98 Å². The van der Waals surface area contributed by atoms with Gasteiger partial charge in [0, 0.05) is 18.2 Å². The molecule has 0 unspecified atom stereocenters. The molecule has 2 rings (SSSR count). The fraction of sp³-hybridized carbons (Fsp3) is 0.273. The smallest absolute Gasteiger partial charge is 0.316 e. The summed E-state index contributed by atoms with van der Waals surface area (Å²) in [6.45, 7) is 0. The Morgan fingerprint density at radius 2 is 2.22 bits per heavy atom. The molecule has 0 saturated heterocycles. The molecule has 0 fully saturated rings. The van der Waals surface area contributed by atoms with E-state index in [1.807, 2.05) is 6.07 Å². The zero-order chi connectivity index (χ0) is 13.2. The molecule has 1 aromatic heterocycles. The van der Waals surface area contributed by atoms with Crippen LogP contribution in [0.25, 0.3) is 11.1 Å². The number of anilines is 1. The highest BCUT2D eigenvalue weighted by molar-refractivity contribution is 7.91. The van der Waals surface area contributed by atoms with Crippen molar-refractivity contribution < 1.29 is 12.8 Å². The molecule has 2 aromatic rings. The Hall–Kier alpha value is -2.07. The van der Waals surface area contributed by atoms with Gasteiger partial charge >= 0.3 is 5.22 Å². The van der Waals surface area contributed by atoms with Crippen LogP contribution in [0.4, 0.5) is 5.69 Å². The lowest BCUT2D eigenvalue weighted by Crippen LogP contribution is -2.06. The van der Waals surface area contributed by atoms with Crippen molar-refractivity contribution >= 4 is 26.6 Å². The lowest BCUT2D eigenvalue weighted by molar-refractivity contribution is 0.458. The van der Waals surface area contributed by atoms with E-state index in [9.17, 15) is 8.42 Å². The molecule has 0 spiro atoms. The van der Waals surface area contributed by atoms with Crippen molar-refractivity contribution in [2.75, 3.05) is 11.5 Å². The van der Waals surface area contributed by atoms with Crippen LogP contribution in [0, 0.1) is 11.3 Å². The van der Waals surface area contributed by atoms with Crippen molar-refractivity contribution in [3.05, 3.63) is 18.2 Å². The number of nitrogens with two attached hydrogens (primary N) is 1. The zero-order valence-corrected chi connectivity index (χ0v) is 10.3. The standard InChI is InChI=1S/C11H11N3O3S/c12-5-1-2-6-18(15,16)11-14-9-4-3-8(13)7-10(9)17-11/h3-4,7H,1-2,6,13H2. The van der Waals surface area contributed by atoms with Crippen LogP contribution in [0.2, 0.25) is 0 Å². The third-order valence-corrected chi connectivity index (χ3v) is 3.89. The molecule has 0 amide bonds. The van der Waals surface area contributed by atoms with Crippen molar-refractivity contribution in [2.45, 2.75) is 18.1 Å². The number of nitriles is 1. The quantitative estimate of drug-likeness (QED) is 0.662. The van der Waals surface area contributed by atoms with Crippen LogP contribution >= 0.6 is 0 Å². The minimum Gasteiger partial charge on any atom is -0.428 e. The van der Waals surface area contributed by atoms with E-state index in [-0.39, 0.29) is 23.8 Å². The number of hydrogen-bond acceptors (Lipinski definition) is 6. The SMILES string of the molecule is N#CCCCS(=O)(=O)c1nc2ccc(N)cc2o1. The number of oxazole rings is 1. The molecule has 0 bridgehead atoms. The van der Waals surface area contributed by atoms with Crippen LogP contribution < -0.4 is 5.73 Å². The average molecular weight is 265 g/mol. The number of rotatable bonds is 4. The fourth-order valence-corrected chi connectivity index (χ4v) is 2.63. The van der Waals surface area contributed by atoms with Crippen molar-refractivity contribution in [3.8, 4) is 6.07 Å². The highest BCUT2D eigenvalue weighted by atomic mass is 32.2. The maximum atomic E-state index is 11.9. The average Bonchev–Trinajstić information content (AvgIpc) is 2.72. The van der Waals surface area contributed by atoms with E-state index in [1.54, 1.807) is 12.1 Å². The van der Waals surface area contributed by atoms with Crippen LogP contribution in [-0.2, 0) is 9.84 Å². The number of sulfone groups is 1. The van der Waals surface area contributed by atoms with Crippen molar-refractivity contribution in [1.29, 1.82) is 5.26 Å². The molecular formula is C11H11N3O3S. The summed E-state index contributed by atoms with van der Waals surface area (Å²) in [6, 6.07) is 6.64. The summed E-state index contributed by atoms with van der Waals surface area (Å²) in [5.74, 6) is -0.150. The van der Waals surface area contributed by atoms with E-state index in [0.29, 0.717) is 16.8 Å². The van der Waals surface area contributed by atoms with Crippen LogP contribution in [0.15, 0.2) is 27.8 Å². The Labute approximate surface area is 104 Å².